The Labute approximate surface area is 108 Å². The van der Waals surface area contributed by atoms with E-state index in [9.17, 15) is 0 Å². The third-order valence-electron chi connectivity index (χ3n) is 2.84. The van der Waals surface area contributed by atoms with Gasteiger partial charge in [0, 0.05) is 6.04 Å². The molecule has 0 atom stereocenters. The van der Waals surface area contributed by atoms with Gasteiger partial charge in [-0.05, 0) is 35.9 Å². The average Bonchev–Trinajstić information content (AvgIpc) is 2.78. The van der Waals surface area contributed by atoms with Gasteiger partial charge in [-0.15, -0.1) is 0 Å². The van der Waals surface area contributed by atoms with Gasteiger partial charge in [0.05, 0.1) is 11.6 Å². The Hall–Kier alpha value is -1.01. The highest BCUT2D eigenvalue weighted by molar-refractivity contribution is 7.99. The van der Waals surface area contributed by atoms with Gasteiger partial charge in [-0.1, -0.05) is 0 Å². The largest absolute Gasteiger partial charge is 0.367 e. The Morgan fingerprint density at radius 2 is 2.18 bits per heavy atom. The summed E-state index contributed by atoms with van der Waals surface area (Å²) in [6.45, 7) is 0. The summed E-state index contributed by atoms with van der Waals surface area (Å²) in [5.41, 5.74) is 0.678. The zero-order chi connectivity index (χ0) is 11.7. The lowest BCUT2D eigenvalue weighted by Crippen LogP contribution is -2.25. The molecule has 0 amide bonds. The summed E-state index contributed by atoms with van der Waals surface area (Å²) in [6, 6.07) is 0.473. The molecule has 5 nitrogen and oxygen atoms in total. The van der Waals surface area contributed by atoms with Crippen LogP contribution < -0.4 is 5.32 Å². The molecule has 1 aliphatic rings. The van der Waals surface area contributed by atoms with Crippen molar-refractivity contribution in [3.8, 4) is 0 Å². The third-order valence-corrected chi connectivity index (χ3v) is 4.06. The molecule has 0 bridgehead atoms. The standard InChI is InChI=1S/C10H12ClN5S/c11-10-14-8(7-5-12-16-9(7)15-10)13-6-1-3-17-4-2-6/h5-6H,1-4H2,(H2,12,13,14,15,16). The van der Waals surface area contributed by atoms with Gasteiger partial charge in [-0.2, -0.15) is 26.8 Å². The van der Waals surface area contributed by atoms with Crippen LogP contribution in [0.25, 0.3) is 11.0 Å². The summed E-state index contributed by atoms with van der Waals surface area (Å²) in [7, 11) is 0. The van der Waals surface area contributed by atoms with Crippen LogP contribution in [0.5, 0.6) is 0 Å². The number of hydrogen-bond donors (Lipinski definition) is 2. The lowest BCUT2D eigenvalue weighted by molar-refractivity contribution is 0.664. The van der Waals surface area contributed by atoms with Gasteiger partial charge < -0.3 is 5.32 Å². The molecule has 1 fully saturated rings. The van der Waals surface area contributed by atoms with Gasteiger partial charge >= 0.3 is 0 Å². The van der Waals surface area contributed by atoms with Gasteiger partial charge in [-0.3, -0.25) is 5.10 Å². The van der Waals surface area contributed by atoms with Crippen LogP contribution in [0.4, 0.5) is 5.82 Å². The monoisotopic (exact) mass is 269 g/mol. The van der Waals surface area contributed by atoms with E-state index in [0.29, 0.717) is 11.7 Å². The van der Waals surface area contributed by atoms with Gasteiger partial charge in [0.15, 0.2) is 5.65 Å². The Morgan fingerprint density at radius 1 is 1.35 bits per heavy atom. The molecular formula is C10H12ClN5S. The van der Waals surface area contributed by atoms with Crippen molar-refractivity contribution in [3.63, 3.8) is 0 Å². The van der Waals surface area contributed by atoms with E-state index in [2.05, 4.69) is 25.5 Å². The number of thioether (sulfide) groups is 1. The fourth-order valence-corrected chi connectivity index (χ4v) is 3.23. The highest BCUT2D eigenvalue weighted by Crippen LogP contribution is 2.24. The number of nitrogens with zero attached hydrogens (tertiary/aromatic N) is 3. The second-order valence-electron chi connectivity index (χ2n) is 4.00. The minimum Gasteiger partial charge on any atom is -0.367 e. The second kappa shape index (κ2) is 4.70. The average molecular weight is 270 g/mol. The van der Waals surface area contributed by atoms with Crippen molar-refractivity contribution in [3.05, 3.63) is 11.5 Å². The molecule has 0 aliphatic carbocycles. The van der Waals surface area contributed by atoms with Crippen LogP contribution in [0.1, 0.15) is 12.8 Å². The first-order valence-corrected chi connectivity index (χ1v) is 7.07. The van der Waals surface area contributed by atoms with E-state index in [-0.39, 0.29) is 5.28 Å². The third kappa shape index (κ3) is 2.32. The number of hydrogen-bond acceptors (Lipinski definition) is 5. The number of rotatable bonds is 2. The maximum absolute atomic E-state index is 5.88. The van der Waals surface area contributed by atoms with E-state index in [1.165, 1.54) is 11.5 Å². The van der Waals surface area contributed by atoms with Crippen LogP contribution >= 0.6 is 23.4 Å². The maximum Gasteiger partial charge on any atom is 0.226 e. The van der Waals surface area contributed by atoms with Crippen molar-refractivity contribution >= 4 is 40.2 Å². The summed E-state index contributed by atoms with van der Waals surface area (Å²) in [5.74, 6) is 3.18. The van der Waals surface area contributed by atoms with Gasteiger partial charge in [-0.25, -0.2) is 0 Å². The number of nitrogens with one attached hydrogen (secondary N) is 2. The van der Waals surface area contributed by atoms with Crippen LogP contribution in [0.2, 0.25) is 5.28 Å². The maximum atomic E-state index is 5.88. The first-order valence-electron chi connectivity index (χ1n) is 5.54. The number of fused-ring (bicyclic) bond motifs is 1. The van der Waals surface area contributed by atoms with E-state index in [0.717, 1.165) is 24.0 Å². The SMILES string of the molecule is Clc1nc(NC2CCSCC2)c2cn[nH]c2n1. The topological polar surface area (TPSA) is 66.5 Å². The van der Waals surface area contributed by atoms with Gasteiger partial charge in [0.1, 0.15) is 5.82 Å². The molecule has 0 unspecified atom stereocenters. The van der Waals surface area contributed by atoms with Crippen LogP contribution in [-0.2, 0) is 0 Å². The smallest absolute Gasteiger partial charge is 0.226 e. The van der Waals surface area contributed by atoms with E-state index >= 15 is 0 Å². The summed E-state index contributed by atoms with van der Waals surface area (Å²) in [4.78, 5) is 8.33. The molecule has 2 N–H and O–H groups in total. The Morgan fingerprint density at radius 3 is 3.00 bits per heavy atom. The Kier molecular flexibility index (Phi) is 3.07. The molecule has 0 saturated carbocycles. The zero-order valence-electron chi connectivity index (χ0n) is 9.11. The molecule has 0 aromatic carbocycles. The summed E-state index contributed by atoms with van der Waals surface area (Å²) >= 11 is 7.88. The molecule has 0 spiro atoms. The Bertz CT molecular complexity index is 522. The summed E-state index contributed by atoms with van der Waals surface area (Å²) in [6.07, 6.45) is 4.04. The molecule has 2 aromatic heterocycles. The van der Waals surface area contributed by atoms with Crippen molar-refractivity contribution < 1.29 is 0 Å². The van der Waals surface area contributed by atoms with Crippen molar-refractivity contribution in [1.82, 2.24) is 20.2 Å². The predicted octanol–water partition coefficient (Wildman–Crippen LogP) is 2.31. The fourth-order valence-electron chi connectivity index (χ4n) is 1.95. The van der Waals surface area contributed by atoms with E-state index in [1.54, 1.807) is 6.20 Å². The quantitative estimate of drug-likeness (QED) is 0.819. The second-order valence-corrected chi connectivity index (χ2v) is 5.57. The first-order chi connectivity index (χ1) is 8.33. The number of anilines is 1. The molecule has 1 saturated heterocycles. The molecule has 7 heteroatoms. The molecule has 17 heavy (non-hydrogen) atoms. The lowest BCUT2D eigenvalue weighted by Gasteiger charge is -2.23. The highest BCUT2D eigenvalue weighted by atomic mass is 35.5. The molecular weight excluding hydrogens is 258 g/mol. The molecule has 3 rings (SSSR count). The van der Waals surface area contributed by atoms with Crippen molar-refractivity contribution in [2.75, 3.05) is 16.8 Å². The number of aromatic amines is 1. The van der Waals surface area contributed by atoms with Crippen LogP contribution in [0, 0.1) is 0 Å². The van der Waals surface area contributed by atoms with Crippen LogP contribution in [-0.4, -0.2) is 37.7 Å². The predicted molar refractivity (Wildman–Crippen MR) is 70.7 cm³/mol. The fraction of sp³-hybridized carbons (Fsp3) is 0.500. The minimum absolute atomic E-state index is 0.245. The lowest BCUT2D eigenvalue weighted by atomic mass is 10.1. The van der Waals surface area contributed by atoms with Crippen LogP contribution in [0.15, 0.2) is 6.20 Å². The van der Waals surface area contributed by atoms with E-state index < -0.39 is 0 Å². The molecule has 90 valence electrons. The van der Waals surface area contributed by atoms with Crippen molar-refractivity contribution in [2.45, 2.75) is 18.9 Å². The zero-order valence-corrected chi connectivity index (χ0v) is 10.7. The van der Waals surface area contributed by atoms with E-state index in [1.807, 2.05) is 11.8 Å². The van der Waals surface area contributed by atoms with Crippen molar-refractivity contribution in [1.29, 1.82) is 0 Å². The van der Waals surface area contributed by atoms with Crippen LogP contribution in [0.3, 0.4) is 0 Å². The summed E-state index contributed by atoms with van der Waals surface area (Å²) < 4.78 is 0. The first kappa shape index (κ1) is 11.1. The van der Waals surface area contributed by atoms with Gasteiger partial charge in [0.2, 0.25) is 5.28 Å². The molecule has 3 heterocycles. The molecule has 1 aliphatic heterocycles. The normalized spacial score (nSPS) is 17.5. The number of aromatic nitrogens is 4. The molecule has 0 radical (unpaired) electrons. The Balaban J connectivity index is 1.90. The van der Waals surface area contributed by atoms with Gasteiger partial charge in [0.25, 0.3) is 0 Å². The molecule has 2 aromatic rings. The van der Waals surface area contributed by atoms with Crippen molar-refractivity contribution in [2.24, 2.45) is 0 Å². The number of halogens is 1. The number of H-pyrrole nitrogens is 1. The summed E-state index contributed by atoms with van der Waals surface area (Å²) in [5, 5.41) is 11.4. The van der Waals surface area contributed by atoms with E-state index in [4.69, 9.17) is 11.6 Å². The minimum atomic E-state index is 0.245. The highest BCUT2D eigenvalue weighted by Gasteiger charge is 2.16.